The zero-order valence-corrected chi connectivity index (χ0v) is 16.2. The van der Waals surface area contributed by atoms with Crippen LogP contribution in [0.15, 0.2) is 72.9 Å². The van der Waals surface area contributed by atoms with Gasteiger partial charge in [-0.05, 0) is 31.2 Å². The van der Waals surface area contributed by atoms with Crippen molar-refractivity contribution >= 4 is 33.4 Å². The molecule has 0 aliphatic rings. The van der Waals surface area contributed by atoms with Crippen LogP contribution in [-0.2, 0) is 7.05 Å². The summed E-state index contributed by atoms with van der Waals surface area (Å²) in [6.07, 6.45) is 1.85. The number of fused-ring (bicyclic) bond motifs is 3. The van der Waals surface area contributed by atoms with Crippen LogP contribution in [-0.4, -0.2) is 20.4 Å². The molecule has 0 fully saturated rings. The van der Waals surface area contributed by atoms with Crippen LogP contribution in [0.4, 0.5) is 5.69 Å². The molecule has 0 saturated carbocycles. The predicted molar refractivity (Wildman–Crippen MR) is 117 cm³/mol. The number of aromatic amines is 1. The third kappa shape index (κ3) is 2.88. The van der Waals surface area contributed by atoms with Crippen molar-refractivity contribution in [2.45, 2.75) is 6.92 Å². The number of nitrogens with one attached hydrogen (secondary N) is 2. The normalized spacial score (nSPS) is 11.2. The lowest BCUT2D eigenvalue weighted by Gasteiger charge is -2.09. The number of H-pyrrole nitrogens is 1. The van der Waals surface area contributed by atoms with E-state index in [4.69, 9.17) is 0 Å². The van der Waals surface area contributed by atoms with E-state index in [-0.39, 0.29) is 5.91 Å². The highest BCUT2D eigenvalue weighted by Crippen LogP contribution is 2.28. The van der Waals surface area contributed by atoms with Gasteiger partial charge in [0.1, 0.15) is 5.82 Å². The highest BCUT2D eigenvalue weighted by Gasteiger charge is 2.14. The molecule has 0 saturated heterocycles. The summed E-state index contributed by atoms with van der Waals surface area (Å²) < 4.78 is 2.03. The van der Waals surface area contributed by atoms with E-state index < -0.39 is 0 Å². The molecule has 1 amide bonds. The summed E-state index contributed by atoms with van der Waals surface area (Å²) in [7, 11) is 1.99. The maximum atomic E-state index is 13.1. The number of imidazole rings is 1. The molecular weight excluding hydrogens is 360 g/mol. The molecule has 5 heteroatoms. The van der Waals surface area contributed by atoms with Crippen molar-refractivity contribution in [1.29, 1.82) is 0 Å². The minimum atomic E-state index is -0.138. The molecule has 5 nitrogen and oxygen atoms in total. The lowest BCUT2D eigenvalue weighted by atomic mass is 10.1. The van der Waals surface area contributed by atoms with Gasteiger partial charge in [-0.2, -0.15) is 0 Å². The van der Waals surface area contributed by atoms with Crippen LogP contribution >= 0.6 is 0 Å². The van der Waals surface area contributed by atoms with Gasteiger partial charge in [0, 0.05) is 34.6 Å². The van der Waals surface area contributed by atoms with Crippen LogP contribution in [0.2, 0.25) is 0 Å². The van der Waals surface area contributed by atoms with Gasteiger partial charge in [-0.1, -0.05) is 42.5 Å². The molecule has 0 unspecified atom stereocenters. The minimum Gasteiger partial charge on any atom is -0.354 e. The maximum absolute atomic E-state index is 13.1. The quantitative estimate of drug-likeness (QED) is 0.447. The zero-order chi connectivity index (χ0) is 20.0. The molecule has 0 spiro atoms. The topological polar surface area (TPSA) is 62.7 Å². The molecule has 0 aliphatic carbocycles. The largest absolute Gasteiger partial charge is 0.354 e. The van der Waals surface area contributed by atoms with E-state index in [9.17, 15) is 4.79 Å². The number of amides is 1. The number of carbonyl (C=O) groups is 1. The van der Waals surface area contributed by atoms with Crippen LogP contribution in [0.3, 0.4) is 0 Å². The Bertz CT molecular complexity index is 1380. The molecule has 0 aliphatic heterocycles. The first kappa shape index (κ1) is 17.3. The third-order valence-electron chi connectivity index (χ3n) is 5.42. The summed E-state index contributed by atoms with van der Waals surface area (Å²) in [5.41, 5.74) is 5.27. The Kier molecular flexibility index (Phi) is 3.95. The Morgan fingerprint density at radius 1 is 1.00 bits per heavy atom. The Morgan fingerprint density at radius 2 is 1.79 bits per heavy atom. The van der Waals surface area contributed by atoms with Gasteiger partial charge in [0.15, 0.2) is 0 Å². The van der Waals surface area contributed by atoms with Crippen LogP contribution in [0.5, 0.6) is 0 Å². The fourth-order valence-electron chi connectivity index (χ4n) is 3.79. The standard InChI is InChI=1S/C24H20N4O/c1-15-25-14-22(28(15)2)16-7-5-8-17(13-16)26-24(29)20-11-6-10-19-18-9-3-4-12-21(18)27-23(19)20/h3-14,27H,1-2H3,(H,26,29). The lowest BCUT2D eigenvalue weighted by molar-refractivity contribution is 0.102. The van der Waals surface area contributed by atoms with E-state index in [2.05, 4.69) is 21.4 Å². The smallest absolute Gasteiger partial charge is 0.257 e. The molecule has 2 heterocycles. The highest BCUT2D eigenvalue weighted by atomic mass is 16.1. The van der Waals surface area contributed by atoms with Crippen molar-refractivity contribution in [2.24, 2.45) is 7.05 Å². The molecule has 5 rings (SSSR count). The van der Waals surface area contributed by atoms with Gasteiger partial charge in [-0.3, -0.25) is 4.79 Å². The Balaban J connectivity index is 1.51. The molecule has 3 aromatic carbocycles. The highest BCUT2D eigenvalue weighted by molar-refractivity contribution is 6.17. The molecule has 0 radical (unpaired) electrons. The van der Waals surface area contributed by atoms with E-state index in [1.807, 2.05) is 85.4 Å². The van der Waals surface area contributed by atoms with E-state index >= 15 is 0 Å². The number of carbonyl (C=O) groups excluding carboxylic acids is 1. The summed E-state index contributed by atoms with van der Waals surface area (Å²) in [6, 6.07) is 21.7. The number of rotatable bonds is 3. The number of hydrogen-bond donors (Lipinski definition) is 2. The van der Waals surface area contributed by atoms with Crippen molar-refractivity contribution in [1.82, 2.24) is 14.5 Å². The van der Waals surface area contributed by atoms with Crippen molar-refractivity contribution < 1.29 is 4.79 Å². The molecule has 29 heavy (non-hydrogen) atoms. The van der Waals surface area contributed by atoms with Gasteiger partial charge in [0.2, 0.25) is 0 Å². The van der Waals surface area contributed by atoms with Gasteiger partial charge in [-0.15, -0.1) is 0 Å². The van der Waals surface area contributed by atoms with E-state index in [0.29, 0.717) is 5.56 Å². The van der Waals surface area contributed by atoms with Crippen molar-refractivity contribution in [3.05, 3.63) is 84.3 Å². The molecule has 142 valence electrons. The number of anilines is 1. The van der Waals surface area contributed by atoms with Gasteiger partial charge < -0.3 is 14.9 Å². The van der Waals surface area contributed by atoms with Crippen LogP contribution in [0.1, 0.15) is 16.2 Å². The molecule has 5 aromatic rings. The second kappa shape index (κ2) is 6.63. The number of nitrogens with zero attached hydrogens (tertiary/aromatic N) is 2. The SMILES string of the molecule is Cc1ncc(-c2cccc(NC(=O)c3cccc4c3[nH]c3ccccc34)c2)n1C. The zero-order valence-electron chi connectivity index (χ0n) is 16.2. The monoisotopic (exact) mass is 380 g/mol. The second-order valence-corrected chi connectivity index (χ2v) is 7.18. The summed E-state index contributed by atoms with van der Waals surface area (Å²) in [5, 5.41) is 5.21. The number of aromatic nitrogens is 3. The van der Waals surface area contributed by atoms with Crippen molar-refractivity contribution in [3.63, 3.8) is 0 Å². The summed E-state index contributed by atoms with van der Waals surface area (Å²) >= 11 is 0. The third-order valence-corrected chi connectivity index (χ3v) is 5.42. The predicted octanol–water partition coefficient (Wildman–Crippen LogP) is 5.28. The first-order valence-corrected chi connectivity index (χ1v) is 9.51. The van der Waals surface area contributed by atoms with E-state index in [1.165, 1.54) is 0 Å². The first-order chi connectivity index (χ1) is 14.1. The summed E-state index contributed by atoms with van der Waals surface area (Å²) in [6.45, 7) is 1.97. The lowest BCUT2D eigenvalue weighted by Crippen LogP contribution is -2.12. The maximum Gasteiger partial charge on any atom is 0.257 e. The average molecular weight is 380 g/mol. The Hall–Kier alpha value is -3.86. The molecule has 0 atom stereocenters. The summed E-state index contributed by atoms with van der Waals surface area (Å²) in [4.78, 5) is 20.8. The Morgan fingerprint density at radius 3 is 2.62 bits per heavy atom. The average Bonchev–Trinajstić information content (AvgIpc) is 3.28. The molecular formula is C24H20N4O. The van der Waals surface area contributed by atoms with Gasteiger partial charge >= 0.3 is 0 Å². The first-order valence-electron chi connectivity index (χ1n) is 9.51. The number of para-hydroxylation sites is 2. The summed E-state index contributed by atoms with van der Waals surface area (Å²) in [5.74, 6) is 0.806. The van der Waals surface area contributed by atoms with Crippen molar-refractivity contribution in [3.8, 4) is 11.3 Å². The number of aryl methyl sites for hydroxylation is 1. The minimum absolute atomic E-state index is 0.138. The second-order valence-electron chi connectivity index (χ2n) is 7.18. The number of hydrogen-bond acceptors (Lipinski definition) is 2. The molecule has 2 N–H and O–H groups in total. The van der Waals surface area contributed by atoms with Crippen LogP contribution in [0, 0.1) is 6.92 Å². The fourth-order valence-corrected chi connectivity index (χ4v) is 3.79. The Labute approximate surface area is 168 Å². The fraction of sp³-hybridized carbons (Fsp3) is 0.0833. The van der Waals surface area contributed by atoms with E-state index in [0.717, 1.165) is 44.6 Å². The van der Waals surface area contributed by atoms with E-state index in [1.54, 1.807) is 0 Å². The van der Waals surface area contributed by atoms with Crippen LogP contribution < -0.4 is 5.32 Å². The van der Waals surface area contributed by atoms with Gasteiger partial charge in [-0.25, -0.2) is 4.98 Å². The van der Waals surface area contributed by atoms with Crippen LogP contribution in [0.25, 0.3) is 33.1 Å². The molecule has 2 aromatic heterocycles. The molecule has 0 bridgehead atoms. The van der Waals surface area contributed by atoms with Crippen molar-refractivity contribution in [2.75, 3.05) is 5.32 Å². The van der Waals surface area contributed by atoms with Gasteiger partial charge in [0.05, 0.1) is 23.0 Å². The van der Waals surface area contributed by atoms with Gasteiger partial charge in [0.25, 0.3) is 5.91 Å². The number of benzene rings is 3.